The molecule has 1 aromatic carbocycles. The molecule has 0 spiro atoms. The highest BCUT2D eigenvalue weighted by molar-refractivity contribution is 5.73. The summed E-state index contributed by atoms with van der Waals surface area (Å²) in [5.74, 6) is 1.93. The Kier molecular flexibility index (Phi) is 3.73. The van der Waals surface area contributed by atoms with Crippen LogP contribution < -0.4 is 4.90 Å². The van der Waals surface area contributed by atoms with Gasteiger partial charge in [0.1, 0.15) is 5.69 Å². The second kappa shape index (κ2) is 6.18. The molecule has 0 atom stereocenters. The Morgan fingerprint density at radius 3 is 2.48 bits per heavy atom. The second-order valence-corrected chi connectivity index (χ2v) is 5.25. The summed E-state index contributed by atoms with van der Waals surface area (Å²) >= 11 is 0. The molecule has 6 heteroatoms. The first-order chi connectivity index (χ1) is 11.4. The van der Waals surface area contributed by atoms with Gasteiger partial charge < -0.3 is 14.1 Å². The summed E-state index contributed by atoms with van der Waals surface area (Å²) in [6, 6.07) is 13.6. The lowest BCUT2D eigenvalue weighted by Crippen LogP contribution is -2.37. The Morgan fingerprint density at radius 2 is 1.74 bits per heavy atom. The number of aromatic nitrogens is 3. The van der Waals surface area contributed by atoms with Gasteiger partial charge in [-0.25, -0.2) is 4.98 Å². The van der Waals surface area contributed by atoms with Gasteiger partial charge in [0, 0.05) is 18.7 Å². The fourth-order valence-electron chi connectivity index (χ4n) is 2.61. The van der Waals surface area contributed by atoms with Crippen molar-refractivity contribution in [2.75, 3.05) is 31.2 Å². The third-order valence-corrected chi connectivity index (χ3v) is 3.77. The molecule has 0 saturated carbocycles. The molecule has 3 aromatic rings. The zero-order chi connectivity index (χ0) is 15.5. The number of rotatable bonds is 3. The summed E-state index contributed by atoms with van der Waals surface area (Å²) in [4.78, 5) is 6.91. The summed E-state index contributed by atoms with van der Waals surface area (Å²) in [6.07, 6.45) is 1.61. The molecule has 1 aliphatic rings. The van der Waals surface area contributed by atoms with Gasteiger partial charge in [0.15, 0.2) is 11.6 Å². The van der Waals surface area contributed by atoms with Crippen molar-refractivity contribution < 1.29 is 9.15 Å². The van der Waals surface area contributed by atoms with Gasteiger partial charge >= 0.3 is 0 Å². The van der Waals surface area contributed by atoms with Gasteiger partial charge in [0.25, 0.3) is 0 Å². The average Bonchev–Trinajstić information content (AvgIpc) is 3.17. The van der Waals surface area contributed by atoms with Crippen molar-refractivity contribution in [1.82, 2.24) is 15.2 Å². The third kappa shape index (κ3) is 2.80. The van der Waals surface area contributed by atoms with Gasteiger partial charge in [0.2, 0.25) is 5.82 Å². The maximum Gasteiger partial charge on any atom is 0.219 e. The first-order valence-electron chi connectivity index (χ1n) is 7.58. The minimum atomic E-state index is 0.496. The molecule has 0 N–H and O–H groups in total. The number of nitrogens with zero attached hydrogens (tertiary/aromatic N) is 4. The second-order valence-electron chi connectivity index (χ2n) is 5.25. The van der Waals surface area contributed by atoms with E-state index in [1.54, 1.807) is 6.26 Å². The average molecular weight is 308 g/mol. The molecule has 1 saturated heterocycles. The molecular formula is C17H16N4O2. The van der Waals surface area contributed by atoms with Crippen molar-refractivity contribution in [2.45, 2.75) is 0 Å². The first-order valence-corrected chi connectivity index (χ1v) is 7.58. The number of morpholine rings is 1. The van der Waals surface area contributed by atoms with Crippen LogP contribution in [0.2, 0.25) is 0 Å². The van der Waals surface area contributed by atoms with Crippen LogP contribution in [0.15, 0.2) is 53.1 Å². The van der Waals surface area contributed by atoms with E-state index in [1.807, 2.05) is 42.5 Å². The van der Waals surface area contributed by atoms with E-state index in [-0.39, 0.29) is 0 Å². The molecule has 4 rings (SSSR count). The van der Waals surface area contributed by atoms with Crippen molar-refractivity contribution in [3.8, 4) is 22.8 Å². The standard InChI is InChI=1S/C17H16N4O2/c1-2-5-13(6-3-1)15-17(21-8-11-22-12-9-21)18-16(20-19-15)14-7-4-10-23-14/h1-7,10H,8-9,11-12H2. The quantitative estimate of drug-likeness (QED) is 0.741. The Labute approximate surface area is 133 Å². The van der Waals surface area contributed by atoms with E-state index in [4.69, 9.17) is 14.1 Å². The number of hydrogen-bond acceptors (Lipinski definition) is 6. The predicted molar refractivity (Wildman–Crippen MR) is 86.0 cm³/mol. The number of ether oxygens (including phenoxy) is 1. The molecule has 0 amide bonds. The summed E-state index contributed by atoms with van der Waals surface area (Å²) in [5.41, 5.74) is 1.78. The lowest BCUT2D eigenvalue weighted by molar-refractivity contribution is 0.122. The van der Waals surface area contributed by atoms with Crippen LogP contribution in [0, 0.1) is 0 Å². The summed E-state index contributed by atoms with van der Waals surface area (Å²) in [5, 5.41) is 8.67. The van der Waals surface area contributed by atoms with Crippen LogP contribution in [0.1, 0.15) is 0 Å². The summed E-state index contributed by atoms with van der Waals surface area (Å²) < 4.78 is 10.8. The van der Waals surface area contributed by atoms with E-state index in [0.717, 1.165) is 30.2 Å². The number of benzene rings is 1. The van der Waals surface area contributed by atoms with E-state index in [0.29, 0.717) is 24.8 Å². The molecule has 3 heterocycles. The van der Waals surface area contributed by atoms with Crippen molar-refractivity contribution in [3.63, 3.8) is 0 Å². The number of furan rings is 1. The van der Waals surface area contributed by atoms with Crippen LogP contribution in [0.5, 0.6) is 0 Å². The highest BCUT2D eigenvalue weighted by Crippen LogP contribution is 2.29. The zero-order valence-corrected chi connectivity index (χ0v) is 12.6. The third-order valence-electron chi connectivity index (χ3n) is 3.77. The van der Waals surface area contributed by atoms with E-state index < -0.39 is 0 Å². The minimum Gasteiger partial charge on any atom is -0.461 e. The van der Waals surface area contributed by atoms with Gasteiger partial charge in [-0.1, -0.05) is 30.3 Å². The van der Waals surface area contributed by atoms with Crippen LogP contribution in [0.4, 0.5) is 5.82 Å². The van der Waals surface area contributed by atoms with Crippen molar-refractivity contribution in [1.29, 1.82) is 0 Å². The van der Waals surface area contributed by atoms with Crippen LogP contribution in [0.3, 0.4) is 0 Å². The van der Waals surface area contributed by atoms with Crippen LogP contribution in [-0.2, 0) is 4.74 Å². The lowest BCUT2D eigenvalue weighted by atomic mass is 10.1. The molecule has 23 heavy (non-hydrogen) atoms. The highest BCUT2D eigenvalue weighted by atomic mass is 16.5. The van der Waals surface area contributed by atoms with Gasteiger partial charge in [0.05, 0.1) is 19.5 Å². The summed E-state index contributed by atoms with van der Waals surface area (Å²) in [6.45, 7) is 2.95. The fraction of sp³-hybridized carbons (Fsp3) is 0.235. The van der Waals surface area contributed by atoms with Gasteiger partial charge in [-0.3, -0.25) is 0 Å². The topological polar surface area (TPSA) is 64.3 Å². The largest absolute Gasteiger partial charge is 0.461 e. The number of hydrogen-bond donors (Lipinski definition) is 0. The van der Waals surface area contributed by atoms with Crippen LogP contribution in [0.25, 0.3) is 22.8 Å². The van der Waals surface area contributed by atoms with E-state index in [1.165, 1.54) is 0 Å². The predicted octanol–water partition coefficient (Wildman–Crippen LogP) is 2.64. The van der Waals surface area contributed by atoms with E-state index in [2.05, 4.69) is 15.1 Å². The Balaban J connectivity index is 1.81. The maximum atomic E-state index is 5.45. The van der Waals surface area contributed by atoms with Crippen LogP contribution >= 0.6 is 0 Å². The molecule has 2 aromatic heterocycles. The molecule has 0 radical (unpaired) electrons. The van der Waals surface area contributed by atoms with Gasteiger partial charge in [-0.2, -0.15) is 0 Å². The van der Waals surface area contributed by atoms with Crippen LogP contribution in [-0.4, -0.2) is 41.5 Å². The lowest BCUT2D eigenvalue weighted by Gasteiger charge is -2.29. The SMILES string of the molecule is c1ccc(-c2nnc(-c3ccco3)nc2N2CCOCC2)cc1. The Hall–Kier alpha value is -2.73. The van der Waals surface area contributed by atoms with Gasteiger partial charge in [-0.05, 0) is 12.1 Å². The van der Waals surface area contributed by atoms with Crippen molar-refractivity contribution >= 4 is 5.82 Å². The fourth-order valence-corrected chi connectivity index (χ4v) is 2.61. The molecular weight excluding hydrogens is 292 g/mol. The van der Waals surface area contributed by atoms with Crippen molar-refractivity contribution in [2.24, 2.45) is 0 Å². The monoisotopic (exact) mass is 308 g/mol. The normalized spacial score (nSPS) is 14.9. The molecule has 6 nitrogen and oxygen atoms in total. The number of anilines is 1. The molecule has 1 aliphatic heterocycles. The maximum absolute atomic E-state index is 5.45. The minimum absolute atomic E-state index is 0.496. The molecule has 0 aliphatic carbocycles. The Morgan fingerprint density at radius 1 is 0.913 bits per heavy atom. The molecule has 116 valence electrons. The smallest absolute Gasteiger partial charge is 0.219 e. The van der Waals surface area contributed by atoms with Gasteiger partial charge in [-0.15, -0.1) is 10.2 Å². The van der Waals surface area contributed by atoms with E-state index in [9.17, 15) is 0 Å². The van der Waals surface area contributed by atoms with Crippen molar-refractivity contribution in [3.05, 3.63) is 48.7 Å². The Bertz CT molecular complexity index is 769. The first kappa shape index (κ1) is 13.9. The molecule has 0 bridgehead atoms. The highest BCUT2D eigenvalue weighted by Gasteiger charge is 2.21. The van der Waals surface area contributed by atoms with E-state index >= 15 is 0 Å². The molecule has 1 fully saturated rings. The molecule has 0 unspecified atom stereocenters. The zero-order valence-electron chi connectivity index (χ0n) is 12.6. The summed E-state index contributed by atoms with van der Waals surface area (Å²) in [7, 11) is 0.